The van der Waals surface area contributed by atoms with E-state index >= 15 is 0 Å². The van der Waals surface area contributed by atoms with Crippen molar-refractivity contribution >= 4 is 24.1 Å². The molecule has 0 aromatic heterocycles. The highest BCUT2D eigenvalue weighted by molar-refractivity contribution is 5.87. The van der Waals surface area contributed by atoms with Crippen LogP contribution >= 0.6 is 0 Å². The number of hydrogen-bond donors (Lipinski definition) is 0. The highest BCUT2D eigenvalue weighted by Gasteiger charge is 2.61. The summed E-state index contributed by atoms with van der Waals surface area (Å²) >= 11 is 0. The van der Waals surface area contributed by atoms with Crippen LogP contribution in [0.25, 0.3) is 0 Å². The molecule has 0 N–H and O–H groups in total. The topological polar surface area (TPSA) is 94.2 Å². The number of nitrogens with zero attached hydrogens (tertiary/aromatic N) is 8. The van der Waals surface area contributed by atoms with Crippen LogP contribution in [-0.2, 0) is 0 Å². The smallest absolute Gasteiger partial charge is 0.303 e. The molecule has 4 rings (SSSR count). The third kappa shape index (κ3) is 2.59. The summed E-state index contributed by atoms with van der Waals surface area (Å²) in [6.45, 7) is 9.44. The average Bonchev–Trinajstić information content (AvgIpc) is 3.36. The molecule has 0 aliphatic carbocycles. The van der Waals surface area contributed by atoms with Gasteiger partial charge in [-0.3, -0.25) is 9.80 Å². The highest BCUT2D eigenvalue weighted by Crippen LogP contribution is 2.38. The molecular weight excluding hydrogens is 404 g/mol. The van der Waals surface area contributed by atoms with Gasteiger partial charge in [0.1, 0.15) is 19.0 Å². The van der Waals surface area contributed by atoms with Gasteiger partial charge in [0.15, 0.2) is 12.3 Å². The van der Waals surface area contributed by atoms with Gasteiger partial charge >= 0.3 is 24.1 Å². The molecule has 4 fully saturated rings. The van der Waals surface area contributed by atoms with E-state index < -0.39 is 24.7 Å². The lowest BCUT2D eigenvalue weighted by molar-refractivity contribution is 0.0579. The van der Waals surface area contributed by atoms with E-state index in [9.17, 15) is 19.2 Å². The zero-order chi connectivity index (χ0) is 22.8. The Bertz CT molecular complexity index is 744. The predicted octanol–water partition coefficient (Wildman–Crippen LogP) is 0.538. The molecule has 0 spiro atoms. The standard InChI is InChI=1S/C19H32N8O4/c1-7-22-12-14(24(9-3)18(22)30)26(16(28)20(12)5)11-27-15-13(21(6)17(27)29)23(8-2)19(31)25(15)10-4/h12-15H,7-11H2,1-6H3/t12-,13+,14+,15-. The van der Waals surface area contributed by atoms with E-state index in [4.69, 9.17) is 0 Å². The summed E-state index contributed by atoms with van der Waals surface area (Å²) in [4.78, 5) is 65.2. The van der Waals surface area contributed by atoms with Crippen molar-refractivity contribution in [3.63, 3.8) is 0 Å². The van der Waals surface area contributed by atoms with Crippen LogP contribution in [0.2, 0.25) is 0 Å². The minimum atomic E-state index is -0.485. The van der Waals surface area contributed by atoms with E-state index in [-0.39, 0.29) is 30.8 Å². The number of fused-ring (bicyclic) bond motifs is 2. The van der Waals surface area contributed by atoms with Crippen LogP contribution in [0, 0.1) is 0 Å². The van der Waals surface area contributed by atoms with E-state index in [0.717, 1.165) is 0 Å². The van der Waals surface area contributed by atoms with Crippen molar-refractivity contribution in [1.82, 2.24) is 39.2 Å². The molecule has 172 valence electrons. The fraction of sp³-hybridized carbons (Fsp3) is 0.789. The lowest BCUT2D eigenvalue weighted by atomic mass is 10.3. The van der Waals surface area contributed by atoms with Gasteiger partial charge in [-0.25, -0.2) is 19.2 Å². The number of amides is 8. The fourth-order valence-corrected chi connectivity index (χ4v) is 5.50. The van der Waals surface area contributed by atoms with Crippen molar-refractivity contribution < 1.29 is 19.2 Å². The molecule has 4 heterocycles. The molecule has 0 aromatic carbocycles. The largest absolute Gasteiger partial charge is 0.324 e. The summed E-state index contributed by atoms with van der Waals surface area (Å²) in [5.74, 6) is 0. The van der Waals surface area contributed by atoms with Crippen molar-refractivity contribution in [2.45, 2.75) is 52.4 Å². The van der Waals surface area contributed by atoms with Crippen molar-refractivity contribution in [3.8, 4) is 0 Å². The Labute approximate surface area is 182 Å². The molecule has 0 bridgehead atoms. The highest BCUT2D eigenvalue weighted by atomic mass is 16.2. The van der Waals surface area contributed by atoms with Gasteiger partial charge in [-0.15, -0.1) is 0 Å². The van der Waals surface area contributed by atoms with Crippen molar-refractivity contribution in [2.75, 3.05) is 46.9 Å². The van der Waals surface area contributed by atoms with E-state index in [0.29, 0.717) is 26.2 Å². The molecule has 12 heteroatoms. The maximum Gasteiger partial charge on any atom is 0.324 e. The molecule has 0 aromatic rings. The Morgan fingerprint density at radius 1 is 0.484 bits per heavy atom. The van der Waals surface area contributed by atoms with Gasteiger partial charge < -0.3 is 29.4 Å². The first kappa shape index (κ1) is 21.3. The normalized spacial score (nSPS) is 30.6. The van der Waals surface area contributed by atoms with Gasteiger partial charge in [0.2, 0.25) is 0 Å². The van der Waals surface area contributed by atoms with Crippen molar-refractivity contribution in [2.24, 2.45) is 0 Å². The molecule has 0 unspecified atom stereocenters. The second-order valence-electron chi connectivity index (χ2n) is 8.23. The molecular formula is C19H32N8O4. The summed E-state index contributed by atoms with van der Waals surface area (Å²) in [5.41, 5.74) is 0. The summed E-state index contributed by atoms with van der Waals surface area (Å²) in [6, 6.07) is -0.706. The fourth-order valence-electron chi connectivity index (χ4n) is 5.50. The maximum atomic E-state index is 13.2. The van der Waals surface area contributed by atoms with E-state index in [1.54, 1.807) is 53.3 Å². The molecule has 4 aliphatic rings. The minimum Gasteiger partial charge on any atom is -0.303 e. The van der Waals surface area contributed by atoms with Gasteiger partial charge in [0, 0.05) is 40.3 Å². The van der Waals surface area contributed by atoms with Gasteiger partial charge in [0.05, 0.1) is 0 Å². The lowest BCUT2D eigenvalue weighted by Gasteiger charge is -2.35. The first-order valence-electron chi connectivity index (χ1n) is 11.0. The zero-order valence-corrected chi connectivity index (χ0v) is 19.1. The molecule has 4 saturated heterocycles. The Balaban J connectivity index is 1.68. The number of carbonyl (C=O) groups excluding carboxylic acids is 4. The van der Waals surface area contributed by atoms with Gasteiger partial charge in [0.25, 0.3) is 0 Å². The monoisotopic (exact) mass is 436 g/mol. The summed E-state index contributed by atoms with van der Waals surface area (Å²) in [6.07, 6.45) is -1.78. The number of hydrogen-bond acceptors (Lipinski definition) is 4. The zero-order valence-electron chi connectivity index (χ0n) is 19.1. The lowest BCUT2D eigenvalue weighted by Crippen LogP contribution is -2.55. The minimum absolute atomic E-state index is 0.0113. The number of rotatable bonds is 6. The van der Waals surface area contributed by atoms with Crippen LogP contribution in [0.5, 0.6) is 0 Å². The Morgan fingerprint density at radius 3 is 1.06 bits per heavy atom. The van der Waals surface area contributed by atoms with Crippen LogP contribution in [-0.4, -0.2) is 135 Å². The molecule has 12 nitrogen and oxygen atoms in total. The Hall–Kier alpha value is -2.92. The second-order valence-corrected chi connectivity index (χ2v) is 8.23. The molecule has 8 amide bonds. The van der Waals surface area contributed by atoms with E-state index in [1.165, 1.54) is 0 Å². The number of urea groups is 4. The quantitative estimate of drug-likeness (QED) is 0.607. The molecule has 4 aliphatic heterocycles. The molecule has 0 saturated carbocycles. The average molecular weight is 437 g/mol. The van der Waals surface area contributed by atoms with Gasteiger partial charge in [-0.1, -0.05) is 0 Å². The summed E-state index contributed by atoms with van der Waals surface area (Å²) in [5, 5.41) is 0. The van der Waals surface area contributed by atoms with Crippen LogP contribution < -0.4 is 0 Å². The predicted molar refractivity (Wildman–Crippen MR) is 110 cm³/mol. The SMILES string of the molecule is CCN1C(=O)N(CC)[C@@H]2[C@@H]1N(CN1C(=O)N(C)[C@@H]3[C@@H]1N(CC)C(=O)N3CC)C(=O)N2C. The number of carbonyl (C=O) groups is 4. The number of likely N-dealkylation sites (N-methyl/N-ethyl adjacent to an activating group) is 6. The maximum absolute atomic E-state index is 13.2. The second kappa shape index (κ2) is 7.34. The van der Waals surface area contributed by atoms with Crippen LogP contribution in [0.15, 0.2) is 0 Å². The van der Waals surface area contributed by atoms with Crippen molar-refractivity contribution in [3.05, 3.63) is 0 Å². The van der Waals surface area contributed by atoms with Crippen LogP contribution in [0.1, 0.15) is 27.7 Å². The summed E-state index contributed by atoms with van der Waals surface area (Å²) in [7, 11) is 3.37. The van der Waals surface area contributed by atoms with Crippen LogP contribution in [0.3, 0.4) is 0 Å². The Kier molecular flexibility index (Phi) is 5.05. The van der Waals surface area contributed by atoms with Crippen LogP contribution in [0.4, 0.5) is 19.2 Å². The van der Waals surface area contributed by atoms with Crippen molar-refractivity contribution in [1.29, 1.82) is 0 Å². The Morgan fingerprint density at radius 2 is 0.774 bits per heavy atom. The van der Waals surface area contributed by atoms with Gasteiger partial charge in [-0.2, -0.15) is 0 Å². The molecule has 31 heavy (non-hydrogen) atoms. The third-order valence-corrected chi connectivity index (χ3v) is 6.99. The molecule has 0 radical (unpaired) electrons. The molecule has 4 atom stereocenters. The first-order valence-corrected chi connectivity index (χ1v) is 11.0. The summed E-state index contributed by atoms with van der Waals surface area (Å²) < 4.78 is 0. The van der Waals surface area contributed by atoms with Gasteiger partial charge in [-0.05, 0) is 27.7 Å². The van der Waals surface area contributed by atoms with E-state index in [1.807, 2.05) is 27.7 Å². The third-order valence-electron chi connectivity index (χ3n) is 6.99. The first-order chi connectivity index (χ1) is 14.7. The van der Waals surface area contributed by atoms with E-state index in [2.05, 4.69) is 0 Å².